The monoisotopic (exact) mass is 154 g/mol. The highest BCUT2D eigenvalue weighted by Crippen LogP contribution is 2.10. The summed E-state index contributed by atoms with van der Waals surface area (Å²) in [4.78, 5) is 10.2. The SMILES string of the molecule is O=CC1=CC(F)=CC(O)C=C1. The van der Waals surface area contributed by atoms with Gasteiger partial charge in [-0.05, 0) is 12.2 Å². The molecule has 1 rings (SSSR count). The summed E-state index contributed by atoms with van der Waals surface area (Å²) in [5.41, 5.74) is 0.218. The van der Waals surface area contributed by atoms with Gasteiger partial charge in [-0.3, -0.25) is 4.79 Å². The number of aliphatic hydroxyl groups excluding tert-OH is 1. The molecule has 11 heavy (non-hydrogen) atoms. The molecule has 3 heteroatoms. The van der Waals surface area contributed by atoms with Gasteiger partial charge in [-0.15, -0.1) is 0 Å². The van der Waals surface area contributed by atoms with Crippen LogP contribution < -0.4 is 0 Å². The molecule has 58 valence electrons. The highest BCUT2D eigenvalue weighted by molar-refractivity contribution is 5.78. The van der Waals surface area contributed by atoms with Crippen LogP contribution in [0.15, 0.2) is 35.7 Å². The maximum atomic E-state index is 12.6. The van der Waals surface area contributed by atoms with Gasteiger partial charge in [0.15, 0.2) is 0 Å². The highest BCUT2D eigenvalue weighted by Gasteiger charge is 2.02. The van der Waals surface area contributed by atoms with Crippen LogP contribution in [-0.4, -0.2) is 17.5 Å². The average molecular weight is 154 g/mol. The van der Waals surface area contributed by atoms with E-state index in [0.29, 0.717) is 6.29 Å². The van der Waals surface area contributed by atoms with Crippen LogP contribution in [0.3, 0.4) is 0 Å². The van der Waals surface area contributed by atoms with Gasteiger partial charge in [0.1, 0.15) is 12.1 Å². The first-order valence-electron chi connectivity index (χ1n) is 3.13. The molecule has 0 amide bonds. The van der Waals surface area contributed by atoms with Crippen molar-refractivity contribution >= 4 is 6.29 Å². The highest BCUT2D eigenvalue weighted by atomic mass is 19.1. The fourth-order valence-electron chi connectivity index (χ4n) is 0.757. The molecule has 1 N–H and O–H groups in total. The number of halogens is 1. The molecule has 1 aliphatic carbocycles. The Hall–Kier alpha value is -1.22. The average Bonchev–Trinajstić information content (AvgIpc) is 2.11. The maximum absolute atomic E-state index is 12.6. The zero-order valence-electron chi connectivity index (χ0n) is 5.70. The number of hydrogen-bond donors (Lipinski definition) is 1. The lowest BCUT2D eigenvalue weighted by Gasteiger charge is -1.92. The summed E-state index contributed by atoms with van der Waals surface area (Å²) in [6, 6.07) is 0. The molecule has 0 fully saturated rings. The van der Waals surface area contributed by atoms with Gasteiger partial charge >= 0.3 is 0 Å². The number of aldehydes is 1. The first-order chi connectivity index (χ1) is 5.22. The minimum Gasteiger partial charge on any atom is -0.385 e. The van der Waals surface area contributed by atoms with Crippen LogP contribution in [0, 0.1) is 0 Å². The molecular weight excluding hydrogens is 147 g/mol. The Labute approximate surface area is 63.3 Å². The van der Waals surface area contributed by atoms with Crippen molar-refractivity contribution < 1.29 is 14.3 Å². The number of carbonyl (C=O) groups is 1. The molecule has 1 unspecified atom stereocenters. The van der Waals surface area contributed by atoms with Crippen molar-refractivity contribution in [1.82, 2.24) is 0 Å². The van der Waals surface area contributed by atoms with Gasteiger partial charge in [-0.1, -0.05) is 12.2 Å². The number of aliphatic hydroxyl groups is 1. The molecule has 0 heterocycles. The smallest absolute Gasteiger partial charge is 0.150 e. The zero-order chi connectivity index (χ0) is 8.27. The van der Waals surface area contributed by atoms with E-state index < -0.39 is 11.9 Å². The molecule has 0 saturated heterocycles. The second-order valence-electron chi connectivity index (χ2n) is 2.16. The van der Waals surface area contributed by atoms with E-state index >= 15 is 0 Å². The fraction of sp³-hybridized carbons (Fsp3) is 0.125. The zero-order valence-corrected chi connectivity index (χ0v) is 5.70. The van der Waals surface area contributed by atoms with E-state index in [4.69, 9.17) is 5.11 Å². The quantitative estimate of drug-likeness (QED) is 0.569. The van der Waals surface area contributed by atoms with Crippen LogP contribution in [0.2, 0.25) is 0 Å². The van der Waals surface area contributed by atoms with Gasteiger partial charge in [0.05, 0.1) is 6.10 Å². The number of rotatable bonds is 1. The van der Waals surface area contributed by atoms with Gasteiger partial charge in [0.25, 0.3) is 0 Å². The van der Waals surface area contributed by atoms with Crippen molar-refractivity contribution in [3.8, 4) is 0 Å². The molecule has 0 saturated carbocycles. The van der Waals surface area contributed by atoms with E-state index in [1.54, 1.807) is 0 Å². The van der Waals surface area contributed by atoms with E-state index in [2.05, 4.69) is 0 Å². The van der Waals surface area contributed by atoms with Gasteiger partial charge in [-0.2, -0.15) is 0 Å². The van der Waals surface area contributed by atoms with Crippen LogP contribution in [0.4, 0.5) is 4.39 Å². The summed E-state index contributed by atoms with van der Waals surface area (Å²) in [6.07, 6.45) is 4.39. The van der Waals surface area contributed by atoms with Crippen molar-refractivity contribution in [3.63, 3.8) is 0 Å². The summed E-state index contributed by atoms with van der Waals surface area (Å²) in [6.45, 7) is 0. The van der Waals surface area contributed by atoms with Crippen LogP contribution in [0.25, 0.3) is 0 Å². The second kappa shape index (κ2) is 3.25. The van der Waals surface area contributed by atoms with Crippen molar-refractivity contribution in [2.45, 2.75) is 6.10 Å². The molecule has 0 bridgehead atoms. The topological polar surface area (TPSA) is 37.3 Å². The third-order valence-corrected chi connectivity index (χ3v) is 1.26. The summed E-state index contributed by atoms with van der Waals surface area (Å²) in [5, 5.41) is 8.92. The van der Waals surface area contributed by atoms with Crippen LogP contribution in [0.1, 0.15) is 0 Å². The summed E-state index contributed by atoms with van der Waals surface area (Å²) in [5.74, 6) is -0.593. The Morgan fingerprint density at radius 2 is 2.36 bits per heavy atom. The number of allylic oxidation sites excluding steroid dienone is 4. The van der Waals surface area contributed by atoms with Gasteiger partial charge in [0, 0.05) is 5.57 Å². The van der Waals surface area contributed by atoms with Gasteiger partial charge in [0.2, 0.25) is 0 Å². The minimum atomic E-state index is -0.941. The molecule has 0 aliphatic heterocycles. The Morgan fingerprint density at radius 3 is 3.00 bits per heavy atom. The van der Waals surface area contributed by atoms with Gasteiger partial charge in [-0.25, -0.2) is 4.39 Å². The second-order valence-corrected chi connectivity index (χ2v) is 2.16. The number of carbonyl (C=O) groups excluding carboxylic acids is 1. The van der Waals surface area contributed by atoms with Crippen molar-refractivity contribution in [2.24, 2.45) is 0 Å². The molecule has 0 aromatic carbocycles. The first-order valence-corrected chi connectivity index (χ1v) is 3.13. The van der Waals surface area contributed by atoms with E-state index in [0.717, 1.165) is 12.2 Å². The van der Waals surface area contributed by atoms with E-state index in [1.165, 1.54) is 12.2 Å². The van der Waals surface area contributed by atoms with Crippen LogP contribution in [0.5, 0.6) is 0 Å². The summed E-state index contributed by atoms with van der Waals surface area (Å²) >= 11 is 0. The first kappa shape index (κ1) is 7.88. The largest absolute Gasteiger partial charge is 0.385 e. The minimum absolute atomic E-state index is 0.218. The van der Waals surface area contributed by atoms with E-state index in [1.807, 2.05) is 0 Å². The third kappa shape index (κ3) is 2.13. The standard InChI is InChI=1S/C8H7FO2/c9-7-3-6(5-10)1-2-8(11)4-7/h1-5,8,11H. The Morgan fingerprint density at radius 1 is 1.64 bits per heavy atom. The van der Waals surface area contributed by atoms with Gasteiger partial charge < -0.3 is 5.11 Å². The van der Waals surface area contributed by atoms with Crippen LogP contribution in [-0.2, 0) is 4.79 Å². The summed E-state index contributed by atoms with van der Waals surface area (Å²) in [7, 11) is 0. The van der Waals surface area contributed by atoms with E-state index in [-0.39, 0.29) is 5.57 Å². The predicted octanol–water partition coefficient (Wildman–Crippen LogP) is 0.896. The van der Waals surface area contributed by atoms with Crippen LogP contribution >= 0.6 is 0 Å². The third-order valence-electron chi connectivity index (χ3n) is 1.26. The lowest BCUT2D eigenvalue weighted by molar-refractivity contribution is -0.104. The molecule has 1 aliphatic rings. The molecule has 0 aromatic heterocycles. The molecule has 0 radical (unpaired) electrons. The molecular formula is C8H7FO2. The normalized spacial score (nSPS) is 23.6. The summed E-state index contributed by atoms with van der Waals surface area (Å²) < 4.78 is 12.6. The van der Waals surface area contributed by atoms with Crippen molar-refractivity contribution in [1.29, 1.82) is 0 Å². The Kier molecular flexibility index (Phi) is 2.33. The molecule has 0 aromatic rings. The predicted molar refractivity (Wildman–Crippen MR) is 38.5 cm³/mol. The fourth-order valence-corrected chi connectivity index (χ4v) is 0.757. The Balaban J connectivity index is 2.94. The molecule has 2 nitrogen and oxygen atoms in total. The van der Waals surface area contributed by atoms with Crippen molar-refractivity contribution in [3.05, 3.63) is 35.7 Å². The lowest BCUT2D eigenvalue weighted by Crippen LogP contribution is -1.95. The lowest BCUT2D eigenvalue weighted by atomic mass is 10.2. The Bertz CT molecular complexity index is 251. The van der Waals surface area contributed by atoms with E-state index in [9.17, 15) is 9.18 Å². The molecule has 0 spiro atoms. The van der Waals surface area contributed by atoms with Crippen molar-refractivity contribution in [2.75, 3.05) is 0 Å². The molecule has 1 atom stereocenters. The maximum Gasteiger partial charge on any atom is 0.150 e. The number of hydrogen-bond acceptors (Lipinski definition) is 2.